The fourth-order valence-corrected chi connectivity index (χ4v) is 4.80. The molecule has 1 saturated heterocycles. The molecule has 1 aromatic carbocycles. The van der Waals surface area contributed by atoms with Crippen LogP contribution >= 0.6 is 0 Å². The van der Waals surface area contributed by atoms with Gasteiger partial charge in [-0.1, -0.05) is 12.1 Å². The first-order valence-corrected chi connectivity index (χ1v) is 7.83. The van der Waals surface area contributed by atoms with Gasteiger partial charge in [-0.15, -0.1) is 0 Å². The molecule has 2 aliphatic heterocycles. The summed E-state index contributed by atoms with van der Waals surface area (Å²) < 4.78 is 4.97. The summed E-state index contributed by atoms with van der Waals surface area (Å²) in [4.78, 5) is 14.3. The van der Waals surface area contributed by atoms with E-state index in [1.807, 2.05) is 0 Å². The lowest BCUT2D eigenvalue weighted by Gasteiger charge is -2.46. The second kappa shape index (κ2) is 4.73. The zero-order chi connectivity index (χ0) is 14.6. The van der Waals surface area contributed by atoms with E-state index in [4.69, 9.17) is 4.74 Å². The Kier molecular flexibility index (Phi) is 2.96. The lowest BCUT2D eigenvalue weighted by Crippen LogP contribution is -2.46. The lowest BCUT2D eigenvalue weighted by molar-refractivity contribution is -0.149. The third-order valence-corrected chi connectivity index (χ3v) is 5.54. The van der Waals surface area contributed by atoms with E-state index in [1.54, 1.807) is 0 Å². The number of anilines is 1. The summed E-state index contributed by atoms with van der Waals surface area (Å²) in [7, 11) is 3.65. The van der Waals surface area contributed by atoms with Crippen molar-refractivity contribution in [2.45, 2.75) is 24.8 Å². The lowest BCUT2D eigenvalue weighted by atomic mass is 9.69. The highest BCUT2D eigenvalue weighted by atomic mass is 16.5. The fourth-order valence-electron chi connectivity index (χ4n) is 4.80. The van der Waals surface area contributed by atoms with Crippen molar-refractivity contribution in [2.75, 3.05) is 32.6 Å². The zero-order valence-electron chi connectivity index (χ0n) is 12.6. The average Bonchev–Trinajstić information content (AvgIpc) is 2.90. The summed E-state index contributed by atoms with van der Waals surface area (Å²) in [5, 5.41) is 3.54. The van der Waals surface area contributed by atoms with Crippen LogP contribution in [0.25, 0.3) is 0 Å². The van der Waals surface area contributed by atoms with Gasteiger partial charge in [0.1, 0.15) is 0 Å². The molecule has 2 heterocycles. The molecule has 4 nitrogen and oxygen atoms in total. The maximum Gasteiger partial charge on any atom is 0.309 e. The van der Waals surface area contributed by atoms with Crippen molar-refractivity contribution in [3.63, 3.8) is 0 Å². The van der Waals surface area contributed by atoms with E-state index >= 15 is 0 Å². The number of carbonyl (C=O) groups excluding carboxylic acids is 1. The maximum atomic E-state index is 11.9. The van der Waals surface area contributed by atoms with Gasteiger partial charge in [0.15, 0.2) is 0 Å². The summed E-state index contributed by atoms with van der Waals surface area (Å²) >= 11 is 0. The number of piperidine rings is 1. The van der Waals surface area contributed by atoms with E-state index in [0.29, 0.717) is 17.9 Å². The number of esters is 1. The standard InChI is InChI=1S/C17H22N2O2/c1-19-9-12(17(20)21-2)7-10-6-11-8-18-14-5-3-4-13(15(11)14)16(10)19/h3-5,10-12,16,18H,6-9H2,1-2H3. The number of rotatable bonds is 1. The SMILES string of the molecule is COC(=O)C1CC2CC3CNc4cccc(c43)C2N(C)C1. The molecule has 0 radical (unpaired) electrons. The Morgan fingerprint density at radius 1 is 1.38 bits per heavy atom. The van der Waals surface area contributed by atoms with E-state index < -0.39 is 0 Å². The van der Waals surface area contributed by atoms with Crippen molar-refractivity contribution < 1.29 is 9.53 Å². The number of nitrogens with one attached hydrogen (secondary N) is 1. The van der Waals surface area contributed by atoms with E-state index in [1.165, 1.54) is 30.3 Å². The molecular formula is C17H22N2O2. The Balaban J connectivity index is 1.70. The number of carbonyl (C=O) groups is 1. The van der Waals surface area contributed by atoms with Gasteiger partial charge >= 0.3 is 5.97 Å². The van der Waals surface area contributed by atoms with Crippen LogP contribution in [0.4, 0.5) is 5.69 Å². The second-order valence-electron chi connectivity index (χ2n) is 6.72. The normalized spacial score (nSPS) is 33.8. The van der Waals surface area contributed by atoms with Crippen LogP contribution in [-0.4, -0.2) is 38.1 Å². The number of hydrogen-bond acceptors (Lipinski definition) is 4. The molecule has 0 amide bonds. The monoisotopic (exact) mass is 286 g/mol. The number of methoxy groups -OCH3 is 1. The molecule has 21 heavy (non-hydrogen) atoms. The van der Waals surface area contributed by atoms with E-state index in [9.17, 15) is 4.79 Å². The van der Waals surface area contributed by atoms with Crippen LogP contribution in [0.3, 0.4) is 0 Å². The van der Waals surface area contributed by atoms with Crippen LogP contribution in [0, 0.1) is 11.8 Å². The molecule has 4 heteroatoms. The highest BCUT2D eigenvalue weighted by molar-refractivity contribution is 5.73. The van der Waals surface area contributed by atoms with Crippen LogP contribution in [0.5, 0.6) is 0 Å². The molecule has 3 aliphatic rings. The first-order chi connectivity index (χ1) is 10.2. The van der Waals surface area contributed by atoms with Gasteiger partial charge in [0.2, 0.25) is 0 Å². The Morgan fingerprint density at radius 2 is 2.24 bits per heavy atom. The van der Waals surface area contributed by atoms with Gasteiger partial charge in [-0.25, -0.2) is 0 Å². The van der Waals surface area contributed by atoms with Crippen molar-refractivity contribution in [3.8, 4) is 0 Å². The summed E-state index contributed by atoms with van der Waals surface area (Å²) in [6.45, 7) is 1.85. The van der Waals surface area contributed by atoms with Gasteiger partial charge in [-0.3, -0.25) is 9.69 Å². The van der Waals surface area contributed by atoms with Crippen molar-refractivity contribution in [1.82, 2.24) is 4.90 Å². The molecule has 4 rings (SSSR count). The van der Waals surface area contributed by atoms with Crippen LogP contribution in [-0.2, 0) is 9.53 Å². The molecule has 0 saturated carbocycles. The molecular weight excluding hydrogens is 264 g/mol. The molecule has 1 N–H and O–H groups in total. The molecule has 1 fully saturated rings. The molecule has 4 atom stereocenters. The van der Waals surface area contributed by atoms with Gasteiger partial charge in [0.25, 0.3) is 0 Å². The number of likely N-dealkylation sites (tertiary alicyclic amines) is 1. The molecule has 0 aromatic heterocycles. The van der Waals surface area contributed by atoms with E-state index in [0.717, 1.165) is 19.5 Å². The Hall–Kier alpha value is -1.55. The first kappa shape index (κ1) is 13.1. The van der Waals surface area contributed by atoms with E-state index in [2.05, 4.69) is 35.5 Å². The van der Waals surface area contributed by atoms with Gasteiger partial charge in [0.05, 0.1) is 13.0 Å². The topological polar surface area (TPSA) is 41.6 Å². The van der Waals surface area contributed by atoms with Gasteiger partial charge in [-0.05, 0) is 43.0 Å². The highest BCUT2D eigenvalue weighted by Crippen LogP contribution is 2.52. The minimum absolute atomic E-state index is 0.0281. The highest BCUT2D eigenvalue weighted by Gasteiger charge is 2.45. The number of ether oxygens (including phenoxy) is 1. The summed E-state index contributed by atoms with van der Waals surface area (Å²) in [6.07, 6.45) is 2.14. The smallest absolute Gasteiger partial charge is 0.309 e. The number of fused-ring (bicyclic) bond motifs is 2. The maximum absolute atomic E-state index is 11.9. The third kappa shape index (κ3) is 1.89. The Bertz CT molecular complexity index is 586. The zero-order valence-corrected chi connectivity index (χ0v) is 12.6. The minimum Gasteiger partial charge on any atom is -0.469 e. The molecule has 4 unspecified atom stereocenters. The molecule has 1 aliphatic carbocycles. The van der Waals surface area contributed by atoms with Gasteiger partial charge in [0, 0.05) is 30.7 Å². The van der Waals surface area contributed by atoms with Gasteiger partial charge in [-0.2, -0.15) is 0 Å². The third-order valence-electron chi connectivity index (χ3n) is 5.54. The molecule has 112 valence electrons. The van der Waals surface area contributed by atoms with Crippen LogP contribution in [0.1, 0.15) is 35.9 Å². The summed E-state index contributed by atoms with van der Waals surface area (Å²) in [5.74, 6) is 1.15. The van der Waals surface area contributed by atoms with Crippen LogP contribution in [0.15, 0.2) is 18.2 Å². The molecule has 1 aromatic rings. The van der Waals surface area contributed by atoms with Crippen molar-refractivity contribution in [2.24, 2.45) is 11.8 Å². The molecule has 0 spiro atoms. The Labute approximate surface area is 125 Å². The molecule has 0 bridgehead atoms. The van der Waals surface area contributed by atoms with Crippen LogP contribution < -0.4 is 5.32 Å². The van der Waals surface area contributed by atoms with Crippen molar-refractivity contribution in [3.05, 3.63) is 29.3 Å². The number of benzene rings is 1. The Morgan fingerprint density at radius 3 is 3.05 bits per heavy atom. The number of hydrogen-bond donors (Lipinski definition) is 1. The predicted octanol–water partition coefficient (Wildman–Crippen LogP) is 2.38. The average molecular weight is 286 g/mol. The first-order valence-electron chi connectivity index (χ1n) is 7.83. The fraction of sp³-hybridized carbons (Fsp3) is 0.588. The van der Waals surface area contributed by atoms with Crippen LogP contribution in [0.2, 0.25) is 0 Å². The quantitative estimate of drug-likeness (QED) is 0.805. The van der Waals surface area contributed by atoms with E-state index in [-0.39, 0.29) is 11.9 Å². The van der Waals surface area contributed by atoms with Gasteiger partial charge < -0.3 is 10.1 Å². The number of nitrogens with zero attached hydrogens (tertiary/aromatic N) is 1. The largest absolute Gasteiger partial charge is 0.469 e. The predicted molar refractivity (Wildman–Crippen MR) is 81.3 cm³/mol. The summed E-state index contributed by atoms with van der Waals surface area (Å²) in [5.41, 5.74) is 4.33. The second-order valence-corrected chi connectivity index (χ2v) is 6.72. The summed E-state index contributed by atoms with van der Waals surface area (Å²) in [6, 6.07) is 7.09. The van der Waals surface area contributed by atoms with Crippen molar-refractivity contribution >= 4 is 11.7 Å². The minimum atomic E-state index is -0.0515. The van der Waals surface area contributed by atoms with Crippen molar-refractivity contribution in [1.29, 1.82) is 0 Å².